The summed E-state index contributed by atoms with van der Waals surface area (Å²) in [5, 5.41) is 3.20. The van der Waals surface area contributed by atoms with Crippen LogP contribution in [0.3, 0.4) is 0 Å². The van der Waals surface area contributed by atoms with Gasteiger partial charge in [-0.25, -0.2) is 0 Å². The molecule has 2 nitrogen and oxygen atoms in total. The lowest BCUT2D eigenvalue weighted by Crippen LogP contribution is -2.36. The maximum Gasteiger partial charge on any atom is 0.108 e. The Kier molecular flexibility index (Phi) is 2.25. The topological polar surface area (TPSA) is 21.3 Å². The molecule has 1 rings (SSSR count). The summed E-state index contributed by atoms with van der Waals surface area (Å²) < 4.78 is 5.09. The Morgan fingerprint density at radius 2 is 2.56 bits per heavy atom. The summed E-state index contributed by atoms with van der Waals surface area (Å²) in [6, 6.07) is 0. The Labute approximate surface area is 55.9 Å². The molecule has 0 aromatic carbocycles. The van der Waals surface area contributed by atoms with Crippen LogP contribution in [0, 0.1) is 0 Å². The summed E-state index contributed by atoms with van der Waals surface area (Å²) in [6.07, 6.45) is 2.43. The van der Waals surface area contributed by atoms with Gasteiger partial charge in [0.15, 0.2) is 0 Å². The minimum Gasteiger partial charge on any atom is -0.367 e. The van der Waals surface area contributed by atoms with Crippen molar-refractivity contribution in [2.45, 2.75) is 19.1 Å². The van der Waals surface area contributed by atoms with Crippen LogP contribution in [0.4, 0.5) is 0 Å². The average molecular weight is 127 g/mol. The third-order valence-corrected chi connectivity index (χ3v) is 1.62. The molecule has 1 heterocycles. The SMILES string of the molecule is C=C1CCC(OC)NC1. The van der Waals surface area contributed by atoms with Crippen molar-refractivity contribution in [1.29, 1.82) is 0 Å². The normalized spacial score (nSPS) is 28.6. The van der Waals surface area contributed by atoms with E-state index in [2.05, 4.69) is 11.9 Å². The lowest BCUT2D eigenvalue weighted by Gasteiger charge is -2.23. The highest BCUT2D eigenvalue weighted by Gasteiger charge is 2.12. The van der Waals surface area contributed by atoms with E-state index in [1.807, 2.05) is 0 Å². The maximum absolute atomic E-state index is 5.09. The van der Waals surface area contributed by atoms with Crippen LogP contribution in [0.25, 0.3) is 0 Å². The standard InChI is InChI=1S/C7H13NO/c1-6-3-4-7(9-2)8-5-6/h7-8H,1,3-5H2,2H3. The third kappa shape index (κ3) is 1.80. The molecule has 0 aliphatic carbocycles. The van der Waals surface area contributed by atoms with Gasteiger partial charge < -0.3 is 4.74 Å². The molecule has 0 saturated carbocycles. The van der Waals surface area contributed by atoms with Gasteiger partial charge in [-0.2, -0.15) is 0 Å². The van der Waals surface area contributed by atoms with Gasteiger partial charge in [-0.1, -0.05) is 12.2 Å². The first-order valence-corrected chi connectivity index (χ1v) is 3.26. The van der Waals surface area contributed by atoms with Crippen LogP contribution in [0.15, 0.2) is 12.2 Å². The van der Waals surface area contributed by atoms with Gasteiger partial charge in [0.25, 0.3) is 0 Å². The smallest absolute Gasteiger partial charge is 0.108 e. The van der Waals surface area contributed by atoms with Gasteiger partial charge in [0.05, 0.1) is 0 Å². The maximum atomic E-state index is 5.09. The first kappa shape index (κ1) is 6.78. The van der Waals surface area contributed by atoms with Crippen LogP contribution in [-0.4, -0.2) is 19.9 Å². The van der Waals surface area contributed by atoms with Crippen molar-refractivity contribution in [2.24, 2.45) is 0 Å². The fourth-order valence-corrected chi connectivity index (χ4v) is 0.985. The highest BCUT2D eigenvalue weighted by molar-refractivity contribution is 5.00. The minimum absolute atomic E-state index is 0.260. The zero-order valence-electron chi connectivity index (χ0n) is 5.81. The van der Waals surface area contributed by atoms with Crippen molar-refractivity contribution in [1.82, 2.24) is 5.32 Å². The summed E-state index contributed by atoms with van der Waals surface area (Å²) in [6.45, 7) is 4.78. The lowest BCUT2D eigenvalue weighted by molar-refractivity contribution is 0.0614. The van der Waals surface area contributed by atoms with Crippen molar-refractivity contribution < 1.29 is 4.74 Å². The average Bonchev–Trinajstić information content (AvgIpc) is 1.90. The van der Waals surface area contributed by atoms with Gasteiger partial charge in [-0.05, 0) is 12.8 Å². The van der Waals surface area contributed by atoms with E-state index < -0.39 is 0 Å². The molecule has 52 valence electrons. The van der Waals surface area contributed by atoms with Gasteiger partial charge in [-0.15, -0.1) is 0 Å². The predicted octanol–water partition coefficient (Wildman–Crippen LogP) is 0.899. The minimum atomic E-state index is 0.260. The number of rotatable bonds is 1. The quantitative estimate of drug-likeness (QED) is 0.528. The highest BCUT2D eigenvalue weighted by Crippen LogP contribution is 2.10. The van der Waals surface area contributed by atoms with E-state index in [1.165, 1.54) is 5.57 Å². The zero-order valence-corrected chi connectivity index (χ0v) is 5.81. The van der Waals surface area contributed by atoms with Crippen LogP contribution >= 0.6 is 0 Å². The molecular formula is C7H13NO. The fraction of sp³-hybridized carbons (Fsp3) is 0.714. The fourth-order valence-electron chi connectivity index (χ4n) is 0.985. The van der Waals surface area contributed by atoms with Crippen LogP contribution in [0.1, 0.15) is 12.8 Å². The molecular weight excluding hydrogens is 114 g/mol. The molecule has 1 atom stereocenters. The van der Waals surface area contributed by atoms with Crippen molar-refractivity contribution in [3.8, 4) is 0 Å². The monoisotopic (exact) mass is 127 g/mol. The first-order chi connectivity index (χ1) is 4.33. The highest BCUT2D eigenvalue weighted by atomic mass is 16.5. The van der Waals surface area contributed by atoms with Gasteiger partial charge >= 0.3 is 0 Å². The Hall–Kier alpha value is -0.340. The van der Waals surface area contributed by atoms with E-state index in [1.54, 1.807) is 7.11 Å². The van der Waals surface area contributed by atoms with Crippen LogP contribution in [0.2, 0.25) is 0 Å². The van der Waals surface area contributed by atoms with E-state index in [4.69, 9.17) is 4.74 Å². The number of ether oxygens (including phenoxy) is 1. The summed E-state index contributed by atoms with van der Waals surface area (Å²) in [4.78, 5) is 0. The van der Waals surface area contributed by atoms with E-state index >= 15 is 0 Å². The molecule has 0 aromatic rings. The Morgan fingerprint density at radius 3 is 3.00 bits per heavy atom. The lowest BCUT2D eigenvalue weighted by atomic mass is 10.1. The number of piperidine rings is 1. The van der Waals surface area contributed by atoms with Crippen molar-refractivity contribution in [3.63, 3.8) is 0 Å². The molecule has 1 N–H and O–H groups in total. The Balaban J connectivity index is 2.26. The second kappa shape index (κ2) is 2.99. The second-order valence-electron chi connectivity index (χ2n) is 2.39. The molecule has 1 aliphatic heterocycles. The Bertz CT molecular complexity index is 101. The van der Waals surface area contributed by atoms with Crippen LogP contribution < -0.4 is 5.32 Å². The number of hydrogen-bond acceptors (Lipinski definition) is 2. The Morgan fingerprint density at radius 1 is 1.78 bits per heavy atom. The molecule has 0 aromatic heterocycles. The largest absolute Gasteiger partial charge is 0.367 e. The summed E-state index contributed by atoms with van der Waals surface area (Å²) in [5.41, 5.74) is 1.28. The van der Waals surface area contributed by atoms with Gasteiger partial charge in [0.1, 0.15) is 6.23 Å². The number of nitrogens with one attached hydrogen (secondary N) is 1. The number of hydrogen-bond donors (Lipinski definition) is 1. The van der Waals surface area contributed by atoms with E-state index in [-0.39, 0.29) is 6.23 Å². The molecule has 1 aliphatic rings. The van der Waals surface area contributed by atoms with Gasteiger partial charge in [0, 0.05) is 13.7 Å². The van der Waals surface area contributed by atoms with Crippen molar-refractivity contribution >= 4 is 0 Å². The first-order valence-electron chi connectivity index (χ1n) is 3.26. The van der Waals surface area contributed by atoms with E-state index in [0.717, 1.165) is 19.4 Å². The van der Waals surface area contributed by atoms with Gasteiger partial charge in [0.2, 0.25) is 0 Å². The van der Waals surface area contributed by atoms with Crippen molar-refractivity contribution in [3.05, 3.63) is 12.2 Å². The van der Waals surface area contributed by atoms with Gasteiger partial charge in [-0.3, -0.25) is 5.32 Å². The molecule has 1 saturated heterocycles. The number of methoxy groups -OCH3 is 1. The predicted molar refractivity (Wildman–Crippen MR) is 37.2 cm³/mol. The van der Waals surface area contributed by atoms with Crippen LogP contribution in [-0.2, 0) is 4.74 Å². The van der Waals surface area contributed by atoms with Crippen molar-refractivity contribution in [2.75, 3.05) is 13.7 Å². The summed E-state index contributed by atoms with van der Waals surface area (Å²) in [7, 11) is 1.73. The third-order valence-electron chi connectivity index (χ3n) is 1.62. The molecule has 0 amide bonds. The molecule has 9 heavy (non-hydrogen) atoms. The molecule has 2 heteroatoms. The van der Waals surface area contributed by atoms with Crippen LogP contribution in [0.5, 0.6) is 0 Å². The molecule has 0 radical (unpaired) electrons. The van der Waals surface area contributed by atoms with E-state index in [9.17, 15) is 0 Å². The summed E-state index contributed by atoms with van der Waals surface area (Å²) >= 11 is 0. The molecule has 0 bridgehead atoms. The molecule has 0 spiro atoms. The molecule has 1 fully saturated rings. The van der Waals surface area contributed by atoms with E-state index in [0.29, 0.717) is 0 Å². The molecule has 1 unspecified atom stereocenters. The summed E-state index contributed by atoms with van der Waals surface area (Å²) in [5.74, 6) is 0. The zero-order chi connectivity index (χ0) is 6.69. The second-order valence-corrected chi connectivity index (χ2v) is 2.39.